The molecular formula is C81H47N5O3. The van der Waals surface area contributed by atoms with E-state index in [4.69, 9.17) is 28.2 Å². The van der Waals surface area contributed by atoms with Crippen molar-refractivity contribution in [3.63, 3.8) is 0 Å². The lowest BCUT2D eigenvalue weighted by Gasteiger charge is -2.13. The summed E-state index contributed by atoms with van der Waals surface area (Å²) in [6.07, 6.45) is 0. The molecule has 19 rings (SSSR count). The topological polar surface area (TPSA) is 88.0 Å². The highest BCUT2D eigenvalue weighted by atomic mass is 16.3. The Morgan fingerprint density at radius 3 is 1.54 bits per heavy atom. The summed E-state index contributed by atoms with van der Waals surface area (Å²) in [4.78, 5) is 16.3. The first kappa shape index (κ1) is 49.2. The second kappa shape index (κ2) is 19.2. The van der Waals surface area contributed by atoms with Crippen LogP contribution in [0.3, 0.4) is 0 Å². The SMILES string of the molecule is c1ccc(-n2c3ccccc3c3cccc(-c4ccc(-c5ccc6oc7cccc(-c8nc(-c9cccc(-c%10ccc%11c(c%10)oc%10ccccc%10%11)c9)nc(-c9cccc(-n%10c%11ccccc%11c%11ccccc%11%10)c9)n8)c7c6c5)c5c4oc4ccccc45)c32)cc1. The first-order chi connectivity index (χ1) is 44.1. The van der Waals surface area contributed by atoms with Gasteiger partial charge in [0.2, 0.25) is 0 Å². The minimum absolute atomic E-state index is 0.523. The van der Waals surface area contributed by atoms with Crippen LogP contribution >= 0.6 is 0 Å². The molecule has 89 heavy (non-hydrogen) atoms. The number of hydrogen-bond acceptors (Lipinski definition) is 6. The van der Waals surface area contributed by atoms with Gasteiger partial charge in [0.1, 0.15) is 33.5 Å². The first-order valence-corrected chi connectivity index (χ1v) is 30.0. The molecule has 0 unspecified atom stereocenters. The second-order valence-electron chi connectivity index (χ2n) is 23.0. The molecule has 8 heteroatoms. The minimum Gasteiger partial charge on any atom is -0.456 e. The molecule has 0 saturated carbocycles. The summed E-state index contributed by atoms with van der Waals surface area (Å²) in [5.41, 5.74) is 20.2. The van der Waals surface area contributed by atoms with Gasteiger partial charge in [-0.3, -0.25) is 0 Å². The smallest absolute Gasteiger partial charge is 0.164 e. The van der Waals surface area contributed by atoms with E-state index in [0.717, 1.165) is 149 Å². The lowest BCUT2D eigenvalue weighted by molar-refractivity contribution is 0.668. The van der Waals surface area contributed by atoms with Crippen LogP contribution in [0.15, 0.2) is 298 Å². The Balaban J connectivity index is 0.796. The van der Waals surface area contributed by atoms with Gasteiger partial charge in [0.25, 0.3) is 0 Å². The minimum atomic E-state index is 0.523. The van der Waals surface area contributed by atoms with E-state index in [1.54, 1.807) is 0 Å². The highest BCUT2D eigenvalue weighted by Crippen LogP contribution is 2.47. The van der Waals surface area contributed by atoms with Crippen LogP contribution in [0.5, 0.6) is 0 Å². The third-order valence-corrected chi connectivity index (χ3v) is 18.0. The summed E-state index contributed by atoms with van der Waals surface area (Å²) in [6, 6.07) is 100. The van der Waals surface area contributed by atoms with Crippen LogP contribution < -0.4 is 0 Å². The number of nitrogens with zero attached hydrogens (tertiary/aromatic N) is 5. The number of benzene rings is 13. The molecule has 0 radical (unpaired) electrons. The number of rotatable bonds is 8. The van der Waals surface area contributed by atoms with Crippen molar-refractivity contribution in [2.75, 3.05) is 0 Å². The average Bonchev–Trinajstić information content (AvgIpc) is 1.82. The van der Waals surface area contributed by atoms with Crippen molar-refractivity contribution in [3.8, 4) is 78.9 Å². The molecule has 414 valence electrons. The Kier molecular flexibility index (Phi) is 10.6. The molecule has 0 aliphatic carbocycles. The second-order valence-corrected chi connectivity index (χ2v) is 23.0. The molecule has 6 heterocycles. The van der Waals surface area contributed by atoms with E-state index in [1.165, 1.54) is 21.5 Å². The van der Waals surface area contributed by atoms with E-state index >= 15 is 0 Å². The Labute approximate surface area is 508 Å². The number of fused-ring (bicyclic) bond motifs is 15. The zero-order chi connectivity index (χ0) is 58.3. The summed E-state index contributed by atoms with van der Waals surface area (Å²) in [5, 5.41) is 10.9. The van der Waals surface area contributed by atoms with Crippen molar-refractivity contribution in [2.45, 2.75) is 0 Å². The van der Waals surface area contributed by atoms with Gasteiger partial charge in [0.05, 0.1) is 22.1 Å². The molecule has 0 spiro atoms. The molecule has 13 aromatic carbocycles. The van der Waals surface area contributed by atoms with Crippen LogP contribution in [0.4, 0.5) is 0 Å². The maximum Gasteiger partial charge on any atom is 0.164 e. The molecule has 6 aromatic heterocycles. The molecule has 0 fully saturated rings. The largest absolute Gasteiger partial charge is 0.456 e. The van der Waals surface area contributed by atoms with E-state index in [-0.39, 0.29) is 0 Å². The highest BCUT2D eigenvalue weighted by Gasteiger charge is 2.25. The number of aromatic nitrogens is 5. The molecular weight excluding hydrogens is 1090 g/mol. The van der Waals surface area contributed by atoms with Crippen molar-refractivity contribution < 1.29 is 13.3 Å². The summed E-state index contributed by atoms with van der Waals surface area (Å²) in [6.45, 7) is 0. The fraction of sp³-hybridized carbons (Fsp3) is 0. The van der Waals surface area contributed by atoms with Gasteiger partial charge < -0.3 is 22.4 Å². The van der Waals surface area contributed by atoms with Crippen LogP contribution in [0.25, 0.3) is 188 Å². The number of hydrogen-bond donors (Lipinski definition) is 0. The van der Waals surface area contributed by atoms with Gasteiger partial charge in [-0.05, 0) is 119 Å². The third-order valence-electron chi connectivity index (χ3n) is 18.0. The summed E-state index contributed by atoms with van der Waals surface area (Å²) < 4.78 is 25.0. The standard InChI is InChI=1S/C81H47N5O3/c1-2-21-53(22-3-1)86-69-34-11-6-26-58(69)61-29-16-30-62(77(61)86)63-42-41-55(76-64-28-8-13-36-71(64)89-78(63)76)50-39-43-72-66(46-50)75-65(31-17-37-73(75)87-72)81-83-79(51-19-14-18-48(44-51)49-38-40-60-59-27-7-12-35-70(59)88-74(60)47-49)82-80(84-81)52-20-15-23-54(45-52)85-67-32-9-4-24-56(67)57-25-5-10-33-68(57)85/h1-47H. The van der Waals surface area contributed by atoms with E-state index in [2.05, 4.69) is 258 Å². The van der Waals surface area contributed by atoms with Crippen LogP contribution in [-0.4, -0.2) is 24.1 Å². The Bertz CT molecular complexity index is 6080. The van der Waals surface area contributed by atoms with Gasteiger partial charge in [0, 0.05) is 93.1 Å². The van der Waals surface area contributed by atoms with Crippen molar-refractivity contribution in [1.82, 2.24) is 24.1 Å². The van der Waals surface area contributed by atoms with Crippen molar-refractivity contribution in [2.24, 2.45) is 0 Å². The molecule has 0 bridgehead atoms. The fourth-order valence-electron chi connectivity index (χ4n) is 14.0. The van der Waals surface area contributed by atoms with E-state index in [9.17, 15) is 0 Å². The lowest BCUT2D eigenvalue weighted by atomic mass is 9.93. The van der Waals surface area contributed by atoms with Gasteiger partial charge in [0.15, 0.2) is 17.5 Å². The average molecular weight is 1140 g/mol. The Hall–Kier alpha value is -12.1. The van der Waals surface area contributed by atoms with Crippen LogP contribution in [-0.2, 0) is 0 Å². The summed E-state index contributed by atoms with van der Waals surface area (Å²) >= 11 is 0. The Morgan fingerprint density at radius 2 is 0.753 bits per heavy atom. The number of furan rings is 3. The van der Waals surface area contributed by atoms with Gasteiger partial charge in [-0.2, -0.15) is 0 Å². The molecule has 8 nitrogen and oxygen atoms in total. The zero-order valence-electron chi connectivity index (χ0n) is 47.6. The molecule has 0 saturated heterocycles. The molecule has 0 aliphatic rings. The third kappa shape index (κ3) is 7.57. The lowest BCUT2D eigenvalue weighted by Crippen LogP contribution is -2.01. The van der Waals surface area contributed by atoms with E-state index in [1.807, 2.05) is 36.4 Å². The molecule has 0 amide bonds. The summed E-state index contributed by atoms with van der Waals surface area (Å²) in [5.74, 6) is 1.61. The van der Waals surface area contributed by atoms with Gasteiger partial charge in [-0.15, -0.1) is 0 Å². The molecule has 0 atom stereocenters. The monoisotopic (exact) mass is 1140 g/mol. The van der Waals surface area contributed by atoms with Gasteiger partial charge in [-0.25, -0.2) is 15.0 Å². The zero-order valence-corrected chi connectivity index (χ0v) is 47.6. The maximum atomic E-state index is 7.05. The van der Waals surface area contributed by atoms with Gasteiger partial charge >= 0.3 is 0 Å². The fourth-order valence-corrected chi connectivity index (χ4v) is 14.0. The first-order valence-electron chi connectivity index (χ1n) is 30.0. The van der Waals surface area contributed by atoms with E-state index < -0.39 is 0 Å². The van der Waals surface area contributed by atoms with Crippen molar-refractivity contribution in [3.05, 3.63) is 285 Å². The predicted molar refractivity (Wildman–Crippen MR) is 363 cm³/mol. The molecule has 0 aliphatic heterocycles. The van der Waals surface area contributed by atoms with E-state index in [0.29, 0.717) is 17.5 Å². The summed E-state index contributed by atoms with van der Waals surface area (Å²) in [7, 11) is 0. The Morgan fingerprint density at radius 1 is 0.236 bits per heavy atom. The molecule has 19 aromatic rings. The van der Waals surface area contributed by atoms with Crippen molar-refractivity contribution >= 4 is 109 Å². The normalized spacial score (nSPS) is 12.0. The predicted octanol–water partition coefficient (Wildman–Crippen LogP) is 21.8. The van der Waals surface area contributed by atoms with Crippen LogP contribution in [0.1, 0.15) is 0 Å². The number of para-hydroxylation sites is 7. The maximum absolute atomic E-state index is 7.05. The van der Waals surface area contributed by atoms with Crippen LogP contribution in [0.2, 0.25) is 0 Å². The van der Waals surface area contributed by atoms with Crippen molar-refractivity contribution in [1.29, 1.82) is 0 Å². The quantitative estimate of drug-likeness (QED) is 0.151. The van der Waals surface area contributed by atoms with Gasteiger partial charge in [-0.1, -0.05) is 188 Å². The van der Waals surface area contributed by atoms with Crippen LogP contribution in [0, 0.1) is 0 Å². The highest BCUT2D eigenvalue weighted by molar-refractivity contribution is 6.21. The molecule has 0 N–H and O–H groups in total.